The second-order valence-electron chi connectivity index (χ2n) is 5.03. The normalized spacial score (nSPS) is 15.6. The fourth-order valence-corrected chi connectivity index (χ4v) is 2.42. The molecular formula is C18H18N2O. The fraction of sp³-hybridized carbons (Fsp3) is 0.167. The third kappa shape index (κ3) is 3.20. The number of hydrogen-bond acceptors (Lipinski definition) is 2. The van der Waals surface area contributed by atoms with E-state index in [0.29, 0.717) is 5.82 Å². The van der Waals surface area contributed by atoms with Gasteiger partial charge in [-0.15, -0.1) is 0 Å². The molecular weight excluding hydrogens is 260 g/mol. The van der Waals surface area contributed by atoms with Gasteiger partial charge in [-0.05, 0) is 17.6 Å². The van der Waals surface area contributed by atoms with Crippen LogP contribution in [0.25, 0.3) is 0 Å². The van der Waals surface area contributed by atoms with Crippen molar-refractivity contribution in [2.45, 2.75) is 19.1 Å². The molecule has 1 aliphatic rings. The molecule has 1 unspecified atom stereocenters. The molecule has 2 aromatic rings. The van der Waals surface area contributed by atoms with Gasteiger partial charge in [0.05, 0.1) is 0 Å². The molecule has 0 spiro atoms. The average Bonchev–Trinajstić information content (AvgIpc) is 2.82. The predicted octanol–water partition coefficient (Wildman–Crippen LogP) is 3.41. The molecule has 1 aliphatic carbocycles. The van der Waals surface area contributed by atoms with Crippen LogP contribution in [0.4, 0.5) is 0 Å². The number of aliphatic hydroxyl groups is 1. The molecule has 1 N–H and O–H groups in total. The van der Waals surface area contributed by atoms with Gasteiger partial charge in [0.2, 0.25) is 0 Å². The van der Waals surface area contributed by atoms with Gasteiger partial charge in [-0.1, -0.05) is 60.7 Å². The lowest BCUT2D eigenvalue weighted by molar-refractivity contribution is 0.205. The Kier molecular flexibility index (Phi) is 4.12. The number of aliphatic hydroxyl groups excluding tert-OH is 1. The Hall–Kier alpha value is -2.39. The molecule has 0 saturated carbocycles. The summed E-state index contributed by atoms with van der Waals surface area (Å²) in [5.41, 5.74) is 2.08. The molecule has 0 amide bonds. The van der Waals surface area contributed by atoms with E-state index in [9.17, 15) is 5.11 Å². The van der Waals surface area contributed by atoms with Crippen LogP contribution in [-0.2, 0) is 6.54 Å². The maximum Gasteiger partial charge on any atom is 0.142 e. The molecule has 21 heavy (non-hydrogen) atoms. The molecule has 0 fully saturated rings. The van der Waals surface area contributed by atoms with Crippen LogP contribution in [-0.4, -0.2) is 14.7 Å². The van der Waals surface area contributed by atoms with Crippen LogP contribution < -0.4 is 0 Å². The predicted molar refractivity (Wildman–Crippen MR) is 83.7 cm³/mol. The van der Waals surface area contributed by atoms with Crippen LogP contribution >= 0.6 is 0 Å². The highest BCUT2D eigenvalue weighted by Gasteiger charge is 2.16. The monoisotopic (exact) mass is 278 g/mol. The summed E-state index contributed by atoms with van der Waals surface area (Å²) in [6.07, 6.45) is 14.4. The maximum absolute atomic E-state index is 10.5. The highest BCUT2D eigenvalue weighted by Crippen LogP contribution is 2.21. The standard InChI is InChI=1S/C18H18N2O/c21-17(16-10-6-3-7-11-16)18-19-12-13-20(18)14-15-8-4-1-2-5-9-15/h1-4,6-13,17,21H,5,14H2. The molecule has 3 heteroatoms. The van der Waals surface area contributed by atoms with Crippen molar-refractivity contribution in [1.29, 1.82) is 0 Å². The summed E-state index contributed by atoms with van der Waals surface area (Å²) >= 11 is 0. The molecule has 1 aromatic heterocycles. The van der Waals surface area contributed by atoms with Crippen molar-refractivity contribution in [3.8, 4) is 0 Å². The summed E-state index contributed by atoms with van der Waals surface area (Å²) in [5.74, 6) is 0.674. The van der Waals surface area contributed by atoms with Crippen LogP contribution in [0.15, 0.2) is 78.7 Å². The van der Waals surface area contributed by atoms with Crippen molar-refractivity contribution in [2.75, 3.05) is 0 Å². The van der Waals surface area contributed by atoms with Crippen molar-refractivity contribution in [2.24, 2.45) is 0 Å². The average molecular weight is 278 g/mol. The first-order valence-corrected chi connectivity index (χ1v) is 7.11. The number of hydrogen-bond donors (Lipinski definition) is 1. The molecule has 106 valence electrons. The van der Waals surface area contributed by atoms with E-state index in [1.807, 2.05) is 47.2 Å². The second-order valence-corrected chi connectivity index (χ2v) is 5.03. The topological polar surface area (TPSA) is 38.1 Å². The lowest BCUT2D eigenvalue weighted by Gasteiger charge is -2.14. The largest absolute Gasteiger partial charge is 0.380 e. The highest BCUT2D eigenvalue weighted by atomic mass is 16.3. The first-order chi connectivity index (χ1) is 10.3. The number of rotatable bonds is 4. The zero-order chi connectivity index (χ0) is 14.5. The first kappa shape index (κ1) is 13.6. The third-order valence-electron chi connectivity index (χ3n) is 3.53. The first-order valence-electron chi connectivity index (χ1n) is 7.11. The van der Waals surface area contributed by atoms with Crippen LogP contribution in [0.1, 0.15) is 23.9 Å². The Morgan fingerprint density at radius 2 is 2.05 bits per heavy atom. The third-order valence-corrected chi connectivity index (χ3v) is 3.53. The Morgan fingerprint density at radius 3 is 2.90 bits per heavy atom. The van der Waals surface area contributed by atoms with Gasteiger partial charge in [0, 0.05) is 18.9 Å². The summed E-state index contributed by atoms with van der Waals surface area (Å²) in [4.78, 5) is 4.33. The number of benzene rings is 1. The van der Waals surface area contributed by atoms with Crippen molar-refractivity contribution >= 4 is 0 Å². The molecule has 1 atom stereocenters. The highest BCUT2D eigenvalue weighted by molar-refractivity contribution is 5.28. The van der Waals surface area contributed by atoms with E-state index >= 15 is 0 Å². The Labute approximate surface area is 124 Å². The van der Waals surface area contributed by atoms with Gasteiger partial charge in [0.25, 0.3) is 0 Å². The van der Waals surface area contributed by atoms with Crippen LogP contribution in [0.3, 0.4) is 0 Å². The lowest BCUT2D eigenvalue weighted by Crippen LogP contribution is -2.10. The van der Waals surface area contributed by atoms with E-state index in [2.05, 4.69) is 29.3 Å². The van der Waals surface area contributed by atoms with E-state index in [0.717, 1.165) is 18.5 Å². The minimum absolute atomic E-state index is 0.674. The fourth-order valence-electron chi connectivity index (χ4n) is 2.42. The summed E-state index contributed by atoms with van der Waals surface area (Å²) in [6.45, 7) is 0.720. The molecule has 0 aliphatic heterocycles. The number of aromatic nitrogens is 2. The summed E-state index contributed by atoms with van der Waals surface area (Å²) in [5, 5.41) is 10.5. The van der Waals surface area contributed by atoms with Crippen molar-refractivity contribution in [3.05, 3.63) is 90.1 Å². The van der Waals surface area contributed by atoms with Gasteiger partial charge < -0.3 is 9.67 Å². The number of allylic oxidation sites excluding steroid dienone is 6. The van der Waals surface area contributed by atoms with Gasteiger partial charge in [-0.2, -0.15) is 0 Å². The SMILES string of the molecule is OC(c1ccccc1)c1nccn1CC1=CCC=CC=C1. The minimum Gasteiger partial charge on any atom is -0.380 e. The van der Waals surface area contributed by atoms with E-state index in [-0.39, 0.29) is 0 Å². The molecule has 3 rings (SSSR count). The smallest absolute Gasteiger partial charge is 0.142 e. The lowest BCUT2D eigenvalue weighted by atomic mass is 10.1. The summed E-state index contributed by atoms with van der Waals surface area (Å²) in [7, 11) is 0. The maximum atomic E-state index is 10.5. The second kappa shape index (κ2) is 6.37. The van der Waals surface area contributed by atoms with Crippen molar-refractivity contribution < 1.29 is 5.11 Å². The van der Waals surface area contributed by atoms with Gasteiger partial charge in [0.15, 0.2) is 0 Å². The van der Waals surface area contributed by atoms with Crippen molar-refractivity contribution in [3.63, 3.8) is 0 Å². The molecule has 1 heterocycles. The molecule has 0 bridgehead atoms. The molecule has 0 radical (unpaired) electrons. The van der Waals surface area contributed by atoms with Gasteiger partial charge in [-0.25, -0.2) is 4.98 Å². The number of nitrogens with zero attached hydrogens (tertiary/aromatic N) is 2. The van der Waals surface area contributed by atoms with Crippen LogP contribution in [0.2, 0.25) is 0 Å². The Bertz CT molecular complexity index is 680. The molecule has 0 saturated heterocycles. The van der Waals surface area contributed by atoms with Gasteiger partial charge in [0.1, 0.15) is 11.9 Å². The van der Waals surface area contributed by atoms with E-state index < -0.39 is 6.10 Å². The molecule has 1 aromatic carbocycles. The molecule has 3 nitrogen and oxygen atoms in total. The summed E-state index contributed by atoms with van der Waals surface area (Å²) < 4.78 is 2.00. The minimum atomic E-state index is -0.699. The quantitative estimate of drug-likeness (QED) is 0.930. The van der Waals surface area contributed by atoms with E-state index in [4.69, 9.17) is 0 Å². The van der Waals surface area contributed by atoms with E-state index in [1.165, 1.54) is 5.57 Å². The van der Waals surface area contributed by atoms with E-state index in [1.54, 1.807) is 6.20 Å². The zero-order valence-electron chi connectivity index (χ0n) is 11.8. The van der Waals surface area contributed by atoms with Crippen LogP contribution in [0.5, 0.6) is 0 Å². The Balaban J connectivity index is 1.83. The van der Waals surface area contributed by atoms with Gasteiger partial charge >= 0.3 is 0 Å². The van der Waals surface area contributed by atoms with Gasteiger partial charge in [-0.3, -0.25) is 0 Å². The van der Waals surface area contributed by atoms with Crippen LogP contribution in [0, 0.1) is 0 Å². The number of imidazole rings is 1. The zero-order valence-corrected chi connectivity index (χ0v) is 11.8. The van der Waals surface area contributed by atoms with Crippen molar-refractivity contribution in [1.82, 2.24) is 9.55 Å². The summed E-state index contributed by atoms with van der Waals surface area (Å²) in [6, 6.07) is 9.62. The Morgan fingerprint density at radius 1 is 1.19 bits per heavy atom.